The summed E-state index contributed by atoms with van der Waals surface area (Å²) in [5, 5.41) is 0.727. The van der Waals surface area contributed by atoms with E-state index in [1.807, 2.05) is 24.3 Å². The highest BCUT2D eigenvalue weighted by atomic mass is 35.5. The molecule has 19 heavy (non-hydrogen) atoms. The zero-order chi connectivity index (χ0) is 14.5. The summed E-state index contributed by atoms with van der Waals surface area (Å²) in [7, 11) is 0. The van der Waals surface area contributed by atoms with Crippen LogP contribution in [0.4, 0.5) is 0 Å². The summed E-state index contributed by atoms with van der Waals surface area (Å²) in [6.45, 7) is 9.43. The fourth-order valence-electron chi connectivity index (χ4n) is 1.86. The molecule has 0 fully saturated rings. The number of ether oxygens (including phenoxy) is 1. The minimum Gasteiger partial charge on any atom is -0.372 e. The van der Waals surface area contributed by atoms with Crippen LogP contribution in [0.25, 0.3) is 0 Å². The molecule has 2 atom stereocenters. The Morgan fingerprint density at radius 1 is 1.32 bits per heavy atom. The number of rotatable bonds is 6. The standard InChI is InChI=1S/C16H26ClNO/c1-5-14(18)15(19-10-9-16(2,3)4)12-7-6-8-13(17)11-12/h6-8,11,14-15H,5,9-10,18H2,1-4H3. The lowest BCUT2D eigenvalue weighted by Crippen LogP contribution is -2.30. The number of halogens is 1. The number of nitrogens with two attached hydrogens (primary N) is 1. The van der Waals surface area contributed by atoms with Gasteiger partial charge in [0.2, 0.25) is 0 Å². The highest BCUT2D eigenvalue weighted by Crippen LogP contribution is 2.26. The van der Waals surface area contributed by atoms with Crippen LogP contribution >= 0.6 is 11.6 Å². The quantitative estimate of drug-likeness (QED) is 0.830. The molecule has 3 heteroatoms. The molecule has 0 aromatic heterocycles. The summed E-state index contributed by atoms with van der Waals surface area (Å²) in [4.78, 5) is 0. The molecule has 108 valence electrons. The van der Waals surface area contributed by atoms with Crippen LogP contribution in [0.2, 0.25) is 5.02 Å². The first kappa shape index (κ1) is 16.5. The topological polar surface area (TPSA) is 35.2 Å². The maximum Gasteiger partial charge on any atom is 0.0976 e. The van der Waals surface area contributed by atoms with Gasteiger partial charge >= 0.3 is 0 Å². The van der Waals surface area contributed by atoms with E-state index in [0.717, 1.165) is 23.4 Å². The first-order valence-corrected chi connectivity index (χ1v) is 7.34. The van der Waals surface area contributed by atoms with E-state index in [1.165, 1.54) is 0 Å². The molecular weight excluding hydrogens is 258 g/mol. The van der Waals surface area contributed by atoms with Crippen molar-refractivity contribution < 1.29 is 4.74 Å². The largest absolute Gasteiger partial charge is 0.372 e. The number of benzene rings is 1. The normalized spacial score (nSPS) is 15.3. The van der Waals surface area contributed by atoms with Gasteiger partial charge in [-0.3, -0.25) is 0 Å². The average molecular weight is 284 g/mol. The molecule has 0 radical (unpaired) electrons. The zero-order valence-corrected chi connectivity index (χ0v) is 13.2. The number of hydrogen-bond donors (Lipinski definition) is 1. The summed E-state index contributed by atoms with van der Waals surface area (Å²) in [5.74, 6) is 0. The molecule has 2 nitrogen and oxygen atoms in total. The predicted molar refractivity (Wildman–Crippen MR) is 82.5 cm³/mol. The van der Waals surface area contributed by atoms with Crippen molar-refractivity contribution in [1.29, 1.82) is 0 Å². The van der Waals surface area contributed by atoms with E-state index in [1.54, 1.807) is 0 Å². The molecule has 1 aromatic rings. The minimum absolute atomic E-state index is 0.00145. The van der Waals surface area contributed by atoms with Crippen molar-refractivity contribution >= 4 is 11.6 Å². The highest BCUT2D eigenvalue weighted by molar-refractivity contribution is 6.30. The van der Waals surface area contributed by atoms with Crippen molar-refractivity contribution in [2.24, 2.45) is 11.1 Å². The van der Waals surface area contributed by atoms with Gasteiger partial charge in [0.15, 0.2) is 0 Å². The van der Waals surface area contributed by atoms with Gasteiger partial charge in [-0.15, -0.1) is 0 Å². The van der Waals surface area contributed by atoms with Crippen molar-refractivity contribution in [3.05, 3.63) is 34.9 Å². The Morgan fingerprint density at radius 2 is 2.00 bits per heavy atom. The van der Waals surface area contributed by atoms with E-state index in [2.05, 4.69) is 27.7 Å². The summed E-state index contributed by atoms with van der Waals surface area (Å²) in [5.41, 5.74) is 7.52. The Balaban J connectivity index is 2.73. The molecule has 0 bridgehead atoms. The molecule has 0 spiro atoms. The third-order valence-corrected chi connectivity index (χ3v) is 3.42. The Morgan fingerprint density at radius 3 is 2.53 bits per heavy atom. The van der Waals surface area contributed by atoms with E-state index in [4.69, 9.17) is 22.1 Å². The van der Waals surface area contributed by atoms with Crippen molar-refractivity contribution in [2.75, 3.05) is 6.61 Å². The minimum atomic E-state index is -0.0777. The molecule has 1 aromatic carbocycles. The molecule has 0 aliphatic heterocycles. The monoisotopic (exact) mass is 283 g/mol. The second kappa shape index (κ2) is 7.28. The van der Waals surface area contributed by atoms with Gasteiger partial charge in [-0.2, -0.15) is 0 Å². The third kappa shape index (κ3) is 5.94. The summed E-state index contributed by atoms with van der Waals surface area (Å²) >= 11 is 6.05. The Labute approximate surface area is 122 Å². The molecule has 0 heterocycles. The smallest absolute Gasteiger partial charge is 0.0976 e. The van der Waals surface area contributed by atoms with Crippen LogP contribution in [-0.2, 0) is 4.74 Å². The van der Waals surface area contributed by atoms with E-state index in [9.17, 15) is 0 Å². The maximum absolute atomic E-state index is 6.18. The van der Waals surface area contributed by atoms with Crippen LogP contribution in [-0.4, -0.2) is 12.6 Å². The van der Waals surface area contributed by atoms with Crippen LogP contribution in [0.15, 0.2) is 24.3 Å². The molecular formula is C16H26ClNO. The van der Waals surface area contributed by atoms with Crippen LogP contribution in [0.3, 0.4) is 0 Å². The second-order valence-electron chi connectivity index (χ2n) is 6.23. The lowest BCUT2D eigenvalue weighted by Gasteiger charge is -2.26. The first-order chi connectivity index (χ1) is 8.83. The van der Waals surface area contributed by atoms with Crippen molar-refractivity contribution in [3.8, 4) is 0 Å². The van der Waals surface area contributed by atoms with E-state index < -0.39 is 0 Å². The van der Waals surface area contributed by atoms with Gasteiger partial charge in [0.25, 0.3) is 0 Å². The molecule has 1 rings (SSSR count). The molecule has 2 N–H and O–H groups in total. The molecule has 2 unspecified atom stereocenters. The van der Waals surface area contributed by atoms with Crippen molar-refractivity contribution in [2.45, 2.75) is 52.7 Å². The van der Waals surface area contributed by atoms with Gasteiger partial charge in [0, 0.05) is 17.7 Å². The van der Waals surface area contributed by atoms with Crippen LogP contribution in [0.1, 0.15) is 52.2 Å². The fourth-order valence-corrected chi connectivity index (χ4v) is 2.06. The summed E-state index contributed by atoms with van der Waals surface area (Å²) in [6, 6.07) is 7.79. The summed E-state index contributed by atoms with van der Waals surface area (Å²) < 4.78 is 6.03. The van der Waals surface area contributed by atoms with Gasteiger partial charge in [0.1, 0.15) is 0 Å². The summed E-state index contributed by atoms with van der Waals surface area (Å²) in [6.07, 6.45) is 1.82. The van der Waals surface area contributed by atoms with E-state index >= 15 is 0 Å². The van der Waals surface area contributed by atoms with Crippen molar-refractivity contribution in [3.63, 3.8) is 0 Å². The van der Waals surface area contributed by atoms with Gasteiger partial charge in [0.05, 0.1) is 6.10 Å². The van der Waals surface area contributed by atoms with Crippen LogP contribution in [0.5, 0.6) is 0 Å². The molecule has 0 aliphatic rings. The van der Waals surface area contributed by atoms with Crippen molar-refractivity contribution in [1.82, 2.24) is 0 Å². The van der Waals surface area contributed by atoms with Gasteiger partial charge in [-0.25, -0.2) is 0 Å². The lowest BCUT2D eigenvalue weighted by molar-refractivity contribution is 0.0199. The predicted octanol–water partition coefficient (Wildman–Crippen LogP) is 4.57. The van der Waals surface area contributed by atoms with E-state index in [-0.39, 0.29) is 17.6 Å². The highest BCUT2D eigenvalue weighted by Gasteiger charge is 2.20. The first-order valence-electron chi connectivity index (χ1n) is 6.96. The SMILES string of the molecule is CCC(N)C(OCCC(C)(C)C)c1cccc(Cl)c1. The second-order valence-corrected chi connectivity index (χ2v) is 6.67. The fraction of sp³-hybridized carbons (Fsp3) is 0.625. The third-order valence-electron chi connectivity index (χ3n) is 3.19. The molecule has 0 saturated heterocycles. The zero-order valence-electron chi connectivity index (χ0n) is 12.4. The molecule has 0 amide bonds. The maximum atomic E-state index is 6.18. The lowest BCUT2D eigenvalue weighted by atomic mass is 9.93. The van der Waals surface area contributed by atoms with Gasteiger partial charge in [-0.1, -0.05) is 51.4 Å². The van der Waals surface area contributed by atoms with E-state index in [0.29, 0.717) is 6.61 Å². The Kier molecular flexibility index (Phi) is 6.31. The molecule has 0 saturated carbocycles. The molecule has 0 aliphatic carbocycles. The number of hydrogen-bond acceptors (Lipinski definition) is 2. The van der Waals surface area contributed by atoms with Gasteiger partial charge in [-0.05, 0) is 36.0 Å². The van der Waals surface area contributed by atoms with Crippen LogP contribution in [0, 0.1) is 5.41 Å². The Bertz CT molecular complexity index is 387. The van der Waals surface area contributed by atoms with Crippen LogP contribution < -0.4 is 5.73 Å². The average Bonchev–Trinajstić information content (AvgIpc) is 2.32. The van der Waals surface area contributed by atoms with Gasteiger partial charge < -0.3 is 10.5 Å². The Hall–Kier alpha value is -0.570.